The molecule has 1 saturated heterocycles. The summed E-state index contributed by atoms with van der Waals surface area (Å²) in [7, 11) is 0. The summed E-state index contributed by atoms with van der Waals surface area (Å²) >= 11 is 0. The van der Waals surface area contributed by atoms with Crippen molar-refractivity contribution < 1.29 is 49.0 Å². The van der Waals surface area contributed by atoms with Crippen LogP contribution in [-0.4, -0.2) is 68.8 Å². The molecule has 5 atom stereocenters. The first-order valence-electron chi connectivity index (χ1n) is 9.49. The van der Waals surface area contributed by atoms with E-state index in [1.165, 1.54) is 31.2 Å². The van der Waals surface area contributed by atoms with Crippen molar-refractivity contribution in [3.63, 3.8) is 0 Å². The Morgan fingerprint density at radius 3 is 2.53 bits per heavy atom. The molecule has 0 aliphatic carbocycles. The molecule has 3 rings (SSSR count). The molecule has 1 aliphatic rings. The molecule has 11 nitrogen and oxygen atoms in total. The van der Waals surface area contributed by atoms with Crippen molar-refractivity contribution >= 4 is 12.0 Å². The average Bonchev–Trinajstić information content (AvgIpc) is 2.76. The van der Waals surface area contributed by atoms with Crippen LogP contribution in [0, 0.1) is 6.92 Å². The van der Waals surface area contributed by atoms with Crippen LogP contribution in [0.4, 0.5) is 0 Å². The molecular formula is C21H22O11. The second-order valence-electron chi connectivity index (χ2n) is 7.01. The van der Waals surface area contributed by atoms with Gasteiger partial charge in [0.15, 0.2) is 11.5 Å². The topological polar surface area (TPSA) is 176 Å². The second-order valence-corrected chi connectivity index (χ2v) is 7.01. The molecular weight excluding hydrogens is 428 g/mol. The lowest BCUT2D eigenvalue weighted by molar-refractivity contribution is -0.278. The molecule has 11 heteroatoms. The zero-order valence-corrected chi connectivity index (χ0v) is 16.8. The van der Waals surface area contributed by atoms with Crippen molar-refractivity contribution in [3.05, 3.63) is 58.2 Å². The number of rotatable bonds is 6. The molecule has 32 heavy (non-hydrogen) atoms. The summed E-state index contributed by atoms with van der Waals surface area (Å²) in [6.45, 7) is 0.952. The van der Waals surface area contributed by atoms with Crippen molar-refractivity contribution in [2.24, 2.45) is 0 Å². The molecule has 0 saturated carbocycles. The van der Waals surface area contributed by atoms with E-state index in [0.717, 1.165) is 18.4 Å². The molecule has 0 bridgehead atoms. The quantitative estimate of drug-likeness (QED) is 0.224. The zero-order valence-electron chi connectivity index (χ0n) is 16.8. The summed E-state index contributed by atoms with van der Waals surface area (Å²) in [6.07, 6.45) is -4.30. The van der Waals surface area contributed by atoms with E-state index in [4.69, 9.17) is 18.6 Å². The molecule has 1 fully saturated rings. The largest absolute Gasteiger partial charge is 0.504 e. The van der Waals surface area contributed by atoms with Gasteiger partial charge in [-0.3, -0.25) is 4.79 Å². The van der Waals surface area contributed by atoms with Gasteiger partial charge in [0.25, 0.3) is 0 Å². The number of aliphatic hydroxyl groups is 3. The number of aryl methyl sites for hydroxylation is 1. The number of hydrogen-bond donors (Lipinski definition) is 5. The Morgan fingerprint density at radius 2 is 1.84 bits per heavy atom. The van der Waals surface area contributed by atoms with E-state index in [2.05, 4.69) is 0 Å². The summed E-state index contributed by atoms with van der Waals surface area (Å²) in [6, 6.07) is 5.03. The van der Waals surface area contributed by atoms with E-state index in [0.29, 0.717) is 5.56 Å². The summed E-state index contributed by atoms with van der Waals surface area (Å²) < 4.78 is 20.8. The van der Waals surface area contributed by atoms with Gasteiger partial charge in [-0.25, -0.2) is 4.79 Å². The Hall–Kier alpha value is -3.38. The minimum Gasteiger partial charge on any atom is -0.504 e. The maximum atomic E-state index is 12.0. The van der Waals surface area contributed by atoms with Crippen molar-refractivity contribution in [2.75, 3.05) is 6.61 Å². The number of phenols is 2. The van der Waals surface area contributed by atoms with Crippen LogP contribution in [0.25, 0.3) is 6.08 Å². The molecule has 0 spiro atoms. The van der Waals surface area contributed by atoms with Gasteiger partial charge < -0.3 is 44.2 Å². The number of aliphatic hydroxyl groups excluding tert-OH is 3. The van der Waals surface area contributed by atoms with Crippen molar-refractivity contribution in [1.29, 1.82) is 0 Å². The van der Waals surface area contributed by atoms with Crippen molar-refractivity contribution in [3.8, 4) is 17.2 Å². The molecule has 0 radical (unpaired) electrons. The van der Waals surface area contributed by atoms with Gasteiger partial charge in [-0.05, 0) is 30.7 Å². The van der Waals surface area contributed by atoms with Gasteiger partial charge in [-0.15, -0.1) is 0 Å². The SMILES string of the molecule is Cc1occc(=O)c1O[C@@H]1O[C@H](COC(=O)C=Cc2ccc(O)c(O)c2)[C@@H](O)[C@H](O)[C@H]1O. The van der Waals surface area contributed by atoms with Crippen LogP contribution >= 0.6 is 0 Å². The monoisotopic (exact) mass is 450 g/mol. The van der Waals surface area contributed by atoms with Gasteiger partial charge in [-0.1, -0.05) is 6.07 Å². The van der Waals surface area contributed by atoms with Crippen LogP contribution in [0.15, 0.2) is 45.8 Å². The smallest absolute Gasteiger partial charge is 0.330 e. The molecule has 1 aromatic carbocycles. The first-order valence-corrected chi connectivity index (χ1v) is 9.49. The van der Waals surface area contributed by atoms with E-state index in [1.54, 1.807) is 0 Å². The lowest BCUT2D eigenvalue weighted by atomic mass is 9.99. The molecule has 5 N–H and O–H groups in total. The number of carbonyl (C=O) groups is 1. The number of carbonyl (C=O) groups excluding carboxylic acids is 1. The Morgan fingerprint density at radius 1 is 1.09 bits per heavy atom. The van der Waals surface area contributed by atoms with Crippen LogP contribution < -0.4 is 10.2 Å². The standard InChI is InChI=1S/C21H22O11/c1-10-20(13(23)6-7-29-10)32-21-19(28)18(27)17(26)15(31-21)9-30-16(25)5-3-11-2-4-12(22)14(24)8-11/h2-8,15,17-19,21-22,24,26-28H,9H2,1H3/t15-,17-,18+,19-,21+/m1/s1. The molecule has 0 amide bonds. The maximum Gasteiger partial charge on any atom is 0.330 e. The van der Waals surface area contributed by atoms with Gasteiger partial charge in [0.05, 0.1) is 6.26 Å². The Balaban J connectivity index is 1.63. The number of aromatic hydroxyl groups is 2. The van der Waals surface area contributed by atoms with E-state index >= 15 is 0 Å². The average molecular weight is 450 g/mol. The highest BCUT2D eigenvalue weighted by atomic mass is 16.7. The zero-order chi connectivity index (χ0) is 23.4. The molecule has 1 aliphatic heterocycles. The Labute approximate surface area is 181 Å². The predicted molar refractivity (Wildman–Crippen MR) is 107 cm³/mol. The van der Waals surface area contributed by atoms with E-state index in [9.17, 15) is 35.1 Å². The third-order valence-corrected chi connectivity index (χ3v) is 4.71. The maximum absolute atomic E-state index is 12.0. The fraction of sp³-hybridized carbons (Fsp3) is 0.333. The number of ether oxygens (including phenoxy) is 3. The molecule has 2 aromatic rings. The van der Waals surface area contributed by atoms with Crippen LogP contribution in [-0.2, 0) is 14.3 Å². The highest BCUT2D eigenvalue weighted by Gasteiger charge is 2.45. The Bertz CT molecular complexity index is 1040. The van der Waals surface area contributed by atoms with E-state index in [-0.39, 0.29) is 23.0 Å². The third-order valence-electron chi connectivity index (χ3n) is 4.71. The predicted octanol–water partition coefficient (Wildman–Crippen LogP) is -0.198. The van der Waals surface area contributed by atoms with Gasteiger partial charge in [-0.2, -0.15) is 0 Å². The van der Waals surface area contributed by atoms with Crippen LogP contribution in [0.1, 0.15) is 11.3 Å². The van der Waals surface area contributed by atoms with Crippen LogP contribution in [0.3, 0.4) is 0 Å². The third kappa shape index (κ3) is 5.26. The van der Waals surface area contributed by atoms with Gasteiger partial charge >= 0.3 is 5.97 Å². The fourth-order valence-corrected chi connectivity index (χ4v) is 2.93. The Kier molecular flexibility index (Phi) is 7.15. The lowest BCUT2D eigenvalue weighted by Gasteiger charge is -2.39. The normalized spacial score (nSPS) is 25.6. The van der Waals surface area contributed by atoms with E-state index < -0.39 is 48.7 Å². The fourth-order valence-electron chi connectivity index (χ4n) is 2.93. The first kappa shape index (κ1) is 23.3. The molecule has 172 valence electrons. The number of esters is 1. The van der Waals surface area contributed by atoms with Gasteiger partial charge in [0.2, 0.25) is 17.5 Å². The molecule has 2 heterocycles. The highest BCUT2D eigenvalue weighted by molar-refractivity contribution is 5.87. The van der Waals surface area contributed by atoms with Crippen LogP contribution in [0.5, 0.6) is 17.2 Å². The second kappa shape index (κ2) is 9.83. The highest BCUT2D eigenvalue weighted by Crippen LogP contribution is 2.26. The van der Waals surface area contributed by atoms with Crippen molar-refractivity contribution in [1.82, 2.24) is 0 Å². The molecule has 0 unspecified atom stereocenters. The number of phenolic OH excluding ortho intramolecular Hbond substituents is 2. The summed E-state index contributed by atoms with van der Waals surface area (Å²) in [5.41, 5.74) is -0.131. The lowest BCUT2D eigenvalue weighted by Crippen LogP contribution is -2.60. The number of benzene rings is 1. The summed E-state index contributed by atoms with van der Waals surface area (Å²) in [5.74, 6) is -1.63. The van der Waals surface area contributed by atoms with E-state index in [1.807, 2.05) is 0 Å². The number of hydrogen-bond acceptors (Lipinski definition) is 11. The van der Waals surface area contributed by atoms with Crippen molar-refractivity contribution in [2.45, 2.75) is 37.6 Å². The first-order chi connectivity index (χ1) is 15.2. The molecule has 1 aromatic heterocycles. The van der Waals surface area contributed by atoms with Crippen LogP contribution in [0.2, 0.25) is 0 Å². The minimum absolute atomic E-state index is 0.113. The minimum atomic E-state index is -1.70. The van der Waals surface area contributed by atoms with Gasteiger partial charge in [0.1, 0.15) is 36.8 Å². The van der Waals surface area contributed by atoms with Gasteiger partial charge in [0, 0.05) is 12.1 Å². The summed E-state index contributed by atoms with van der Waals surface area (Å²) in [5, 5.41) is 49.1. The summed E-state index contributed by atoms with van der Waals surface area (Å²) in [4.78, 5) is 23.9.